The SMILES string of the molecule is COc1cc(Cl)cnc1N1CCN(CCCc2c[nH]c3ccccc23)CC1.Cl. The Morgan fingerprint density at radius 1 is 1.18 bits per heavy atom. The van der Waals surface area contributed by atoms with E-state index in [-0.39, 0.29) is 12.4 Å². The number of hydrogen-bond acceptors (Lipinski definition) is 4. The summed E-state index contributed by atoms with van der Waals surface area (Å²) in [6.45, 7) is 5.12. The van der Waals surface area contributed by atoms with E-state index in [0.29, 0.717) is 5.02 Å². The van der Waals surface area contributed by atoms with Crippen LogP contribution < -0.4 is 9.64 Å². The van der Waals surface area contributed by atoms with Gasteiger partial charge in [0.15, 0.2) is 11.6 Å². The Morgan fingerprint density at radius 2 is 1.96 bits per heavy atom. The molecule has 0 atom stereocenters. The molecule has 1 N–H and O–H groups in total. The molecule has 1 fully saturated rings. The first-order chi connectivity index (χ1) is 13.2. The van der Waals surface area contributed by atoms with Crippen LogP contribution in [-0.2, 0) is 6.42 Å². The molecule has 28 heavy (non-hydrogen) atoms. The number of nitrogens with one attached hydrogen (secondary N) is 1. The topological polar surface area (TPSA) is 44.4 Å². The molecule has 150 valence electrons. The molecular weight excluding hydrogens is 395 g/mol. The number of halogens is 2. The molecule has 3 heterocycles. The molecular formula is C21H26Cl2N4O. The number of rotatable bonds is 6. The van der Waals surface area contributed by atoms with Crippen molar-refractivity contribution in [1.82, 2.24) is 14.9 Å². The Labute approximate surface area is 177 Å². The molecule has 1 aromatic carbocycles. The molecule has 0 aliphatic carbocycles. The minimum Gasteiger partial charge on any atom is -0.493 e. The number of nitrogens with zero attached hydrogens (tertiary/aromatic N) is 3. The number of anilines is 1. The zero-order chi connectivity index (χ0) is 18.6. The highest BCUT2D eigenvalue weighted by Gasteiger charge is 2.20. The van der Waals surface area contributed by atoms with Gasteiger partial charge in [-0.2, -0.15) is 0 Å². The maximum absolute atomic E-state index is 6.02. The normalized spacial score (nSPS) is 14.9. The number of H-pyrrole nitrogens is 1. The molecule has 5 nitrogen and oxygen atoms in total. The minimum absolute atomic E-state index is 0. The van der Waals surface area contributed by atoms with Gasteiger partial charge in [-0.3, -0.25) is 4.90 Å². The lowest BCUT2D eigenvalue weighted by atomic mass is 10.1. The second-order valence-electron chi connectivity index (χ2n) is 6.97. The number of hydrogen-bond donors (Lipinski definition) is 1. The minimum atomic E-state index is 0. The number of aromatic nitrogens is 2. The lowest BCUT2D eigenvalue weighted by Crippen LogP contribution is -2.47. The van der Waals surface area contributed by atoms with Crippen LogP contribution in [0.1, 0.15) is 12.0 Å². The summed E-state index contributed by atoms with van der Waals surface area (Å²) in [6.07, 6.45) is 6.12. The summed E-state index contributed by atoms with van der Waals surface area (Å²) >= 11 is 6.02. The van der Waals surface area contributed by atoms with E-state index in [9.17, 15) is 0 Å². The zero-order valence-corrected chi connectivity index (χ0v) is 17.6. The lowest BCUT2D eigenvalue weighted by Gasteiger charge is -2.35. The van der Waals surface area contributed by atoms with Gasteiger partial charge in [-0.25, -0.2) is 4.98 Å². The van der Waals surface area contributed by atoms with Gasteiger partial charge in [0.2, 0.25) is 0 Å². The van der Waals surface area contributed by atoms with E-state index in [1.807, 2.05) is 6.07 Å². The summed E-state index contributed by atoms with van der Waals surface area (Å²) < 4.78 is 5.44. The number of aryl methyl sites for hydroxylation is 1. The molecule has 2 aromatic heterocycles. The first-order valence-corrected chi connectivity index (χ1v) is 9.84. The van der Waals surface area contributed by atoms with Crippen molar-refractivity contribution >= 4 is 40.7 Å². The van der Waals surface area contributed by atoms with Gasteiger partial charge < -0.3 is 14.6 Å². The van der Waals surface area contributed by atoms with Crippen molar-refractivity contribution in [2.24, 2.45) is 0 Å². The number of para-hydroxylation sites is 1. The first kappa shape index (κ1) is 20.8. The van der Waals surface area contributed by atoms with E-state index in [1.54, 1.807) is 13.3 Å². The van der Waals surface area contributed by atoms with Crippen molar-refractivity contribution in [3.05, 3.63) is 53.3 Å². The third-order valence-corrected chi connectivity index (χ3v) is 5.49. The van der Waals surface area contributed by atoms with Crippen LogP contribution in [0.2, 0.25) is 5.02 Å². The summed E-state index contributed by atoms with van der Waals surface area (Å²) in [5, 5.41) is 1.95. The zero-order valence-electron chi connectivity index (χ0n) is 16.0. The summed E-state index contributed by atoms with van der Waals surface area (Å²) in [5.41, 5.74) is 2.64. The second-order valence-corrected chi connectivity index (χ2v) is 7.41. The number of pyridine rings is 1. The van der Waals surface area contributed by atoms with Crippen LogP contribution in [0.3, 0.4) is 0 Å². The molecule has 0 amide bonds. The van der Waals surface area contributed by atoms with Gasteiger partial charge in [0, 0.05) is 55.5 Å². The van der Waals surface area contributed by atoms with Gasteiger partial charge in [0.1, 0.15) is 0 Å². The largest absolute Gasteiger partial charge is 0.493 e. The molecule has 7 heteroatoms. The average Bonchev–Trinajstić information content (AvgIpc) is 3.12. The number of fused-ring (bicyclic) bond motifs is 1. The summed E-state index contributed by atoms with van der Waals surface area (Å²) in [4.78, 5) is 12.7. The fourth-order valence-corrected chi connectivity index (χ4v) is 3.96. The maximum atomic E-state index is 6.02. The Morgan fingerprint density at radius 3 is 2.75 bits per heavy atom. The van der Waals surface area contributed by atoms with E-state index in [1.165, 1.54) is 22.9 Å². The molecule has 0 saturated carbocycles. The number of piperazine rings is 1. The lowest BCUT2D eigenvalue weighted by molar-refractivity contribution is 0.253. The van der Waals surface area contributed by atoms with E-state index in [2.05, 4.69) is 50.2 Å². The molecule has 0 unspecified atom stereocenters. The van der Waals surface area contributed by atoms with Crippen LogP contribution in [0.4, 0.5) is 5.82 Å². The van der Waals surface area contributed by atoms with Crippen molar-refractivity contribution < 1.29 is 4.74 Å². The molecule has 0 spiro atoms. The molecule has 0 radical (unpaired) electrons. The number of benzene rings is 1. The Balaban J connectivity index is 0.00000225. The molecule has 3 aromatic rings. The van der Waals surface area contributed by atoms with E-state index < -0.39 is 0 Å². The van der Waals surface area contributed by atoms with Crippen LogP contribution in [-0.4, -0.2) is 54.7 Å². The summed E-state index contributed by atoms with van der Waals surface area (Å²) in [7, 11) is 1.66. The van der Waals surface area contributed by atoms with Crippen LogP contribution in [0.5, 0.6) is 5.75 Å². The van der Waals surface area contributed by atoms with Crippen molar-refractivity contribution in [3.8, 4) is 5.75 Å². The average molecular weight is 421 g/mol. The van der Waals surface area contributed by atoms with Gasteiger partial charge in [-0.05, 0) is 31.0 Å². The number of ether oxygens (including phenoxy) is 1. The summed E-state index contributed by atoms with van der Waals surface area (Å²) in [6, 6.07) is 10.4. The summed E-state index contributed by atoms with van der Waals surface area (Å²) in [5.74, 6) is 1.63. The van der Waals surface area contributed by atoms with Gasteiger partial charge in [-0.1, -0.05) is 29.8 Å². The highest BCUT2D eigenvalue weighted by molar-refractivity contribution is 6.30. The predicted octanol–water partition coefficient (Wildman–Crippen LogP) is 4.40. The highest BCUT2D eigenvalue weighted by Crippen LogP contribution is 2.29. The molecule has 0 bridgehead atoms. The fraction of sp³-hybridized carbons (Fsp3) is 0.381. The van der Waals surface area contributed by atoms with E-state index in [0.717, 1.165) is 50.7 Å². The smallest absolute Gasteiger partial charge is 0.171 e. The highest BCUT2D eigenvalue weighted by atomic mass is 35.5. The predicted molar refractivity (Wildman–Crippen MR) is 118 cm³/mol. The number of methoxy groups -OCH3 is 1. The molecule has 1 aliphatic rings. The second kappa shape index (κ2) is 9.50. The maximum Gasteiger partial charge on any atom is 0.171 e. The molecule has 1 saturated heterocycles. The van der Waals surface area contributed by atoms with Crippen LogP contribution in [0, 0.1) is 0 Å². The van der Waals surface area contributed by atoms with Crippen molar-refractivity contribution in [3.63, 3.8) is 0 Å². The van der Waals surface area contributed by atoms with Crippen LogP contribution in [0.25, 0.3) is 10.9 Å². The van der Waals surface area contributed by atoms with E-state index >= 15 is 0 Å². The van der Waals surface area contributed by atoms with Crippen molar-refractivity contribution in [2.45, 2.75) is 12.8 Å². The fourth-order valence-electron chi connectivity index (χ4n) is 3.82. The van der Waals surface area contributed by atoms with Gasteiger partial charge >= 0.3 is 0 Å². The number of aromatic amines is 1. The molecule has 4 rings (SSSR count). The van der Waals surface area contributed by atoms with Gasteiger partial charge in [-0.15, -0.1) is 12.4 Å². The van der Waals surface area contributed by atoms with E-state index in [4.69, 9.17) is 16.3 Å². The van der Waals surface area contributed by atoms with Gasteiger partial charge in [0.25, 0.3) is 0 Å². The van der Waals surface area contributed by atoms with Crippen molar-refractivity contribution in [2.75, 3.05) is 44.7 Å². The standard InChI is InChI=1S/C21H25ClN4O.ClH/c1-27-20-13-17(22)15-24-21(20)26-11-9-25(10-12-26)8-4-5-16-14-23-19-7-3-2-6-18(16)19;/h2-3,6-7,13-15,23H,4-5,8-12H2,1H3;1H. The first-order valence-electron chi connectivity index (χ1n) is 9.46. The third-order valence-electron chi connectivity index (χ3n) is 5.29. The quantitative estimate of drug-likeness (QED) is 0.641. The molecule has 1 aliphatic heterocycles. The third kappa shape index (κ3) is 4.54. The van der Waals surface area contributed by atoms with Gasteiger partial charge in [0.05, 0.1) is 12.1 Å². The van der Waals surface area contributed by atoms with Crippen LogP contribution >= 0.6 is 24.0 Å². The monoisotopic (exact) mass is 420 g/mol. The Hall–Kier alpha value is -1.95. The van der Waals surface area contributed by atoms with Crippen molar-refractivity contribution in [1.29, 1.82) is 0 Å². The Bertz CT molecular complexity index is 906. The van der Waals surface area contributed by atoms with Crippen LogP contribution in [0.15, 0.2) is 42.7 Å². The Kier molecular flexibility index (Phi) is 7.05.